The Balaban J connectivity index is 1.81. The first-order valence-corrected chi connectivity index (χ1v) is 9.86. The Bertz CT molecular complexity index is 1100. The van der Waals surface area contributed by atoms with Gasteiger partial charge in [0.1, 0.15) is 10.8 Å². The van der Waals surface area contributed by atoms with Crippen LogP contribution in [0.25, 0.3) is 0 Å². The molecule has 0 saturated carbocycles. The average Bonchev–Trinajstić information content (AvgIpc) is 3.11. The van der Waals surface area contributed by atoms with Crippen LogP contribution in [0.5, 0.6) is 0 Å². The SMILES string of the molecule is COC(=O)c1cc(Cc2ccccc2)sc1NC(=S)Nc1cc([N+](=O)[O-])ccc1F. The molecule has 2 aromatic carbocycles. The lowest BCUT2D eigenvalue weighted by Crippen LogP contribution is -2.20. The van der Waals surface area contributed by atoms with Gasteiger partial charge in [0.2, 0.25) is 0 Å². The summed E-state index contributed by atoms with van der Waals surface area (Å²) in [6, 6.07) is 14.5. The molecule has 3 rings (SSSR count). The van der Waals surface area contributed by atoms with Gasteiger partial charge in [0, 0.05) is 23.4 Å². The second-order valence-electron chi connectivity index (χ2n) is 6.11. The summed E-state index contributed by atoms with van der Waals surface area (Å²) in [5.74, 6) is -1.24. The quantitative estimate of drug-likeness (QED) is 0.239. The number of nitrogens with one attached hydrogen (secondary N) is 2. The van der Waals surface area contributed by atoms with Crippen molar-refractivity contribution in [3.05, 3.63) is 86.5 Å². The molecule has 0 saturated heterocycles. The number of nitro benzene ring substituents is 1. The normalized spacial score (nSPS) is 10.3. The van der Waals surface area contributed by atoms with Crippen LogP contribution in [0.15, 0.2) is 54.6 Å². The third-order valence-corrected chi connectivity index (χ3v) is 5.30. The molecule has 0 unspecified atom stereocenters. The molecule has 0 aliphatic heterocycles. The predicted octanol–water partition coefficient (Wildman–Crippen LogP) is 4.98. The van der Waals surface area contributed by atoms with Crippen LogP contribution in [0.3, 0.4) is 0 Å². The van der Waals surface area contributed by atoms with Crippen LogP contribution in [-0.4, -0.2) is 23.1 Å². The number of methoxy groups -OCH3 is 1. The maximum atomic E-state index is 14.0. The fraction of sp³-hybridized carbons (Fsp3) is 0.100. The first-order chi connectivity index (χ1) is 14.4. The van der Waals surface area contributed by atoms with Crippen molar-refractivity contribution in [2.45, 2.75) is 6.42 Å². The highest BCUT2D eigenvalue weighted by atomic mass is 32.1. The number of ether oxygens (including phenoxy) is 1. The van der Waals surface area contributed by atoms with Crippen molar-refractivity contribution < 1.29 is 18.8 Å². The Morgan fingerprint density at radius 1 is 1.20 bits per heavy atom. The molecule has 0 atom stereocenters. The van der Waals surface area contributed by atoms with Crippen LogP contribution in [0.2, 0.25) is 0 Å². The highest BCUT2D eigenvalue weighted by Crippen LogP contribution is 2.31. The summed E-state index contributed by atoms with van der Waals surface area (Å²) in [4.78, 5) is 23.3. The number of nitro groups is 1. The highest BCUT2D eigenvalue weighted by molar-refractivity contribution is 7.80. The number of carbonyl (C=O) groups excluding carboxylic acids is 1. The number of esters is 1. The van der Waals surface area contributed by atoms with E-state index >= 15 is 0 Å². The number of non-ortho nitro benzene ring substituents is 1. The fourth-order valence-corrected chi connectivity index (χ4v) is 4.02. The smallest absolute Gasteiger partial charge is 0.340 e. The van der Waals surface area contributed by atoms with E-state index in [1.807, 2.05) is 30.3 Å². The standard InChI is InChI=1S/C20H16FN3O4S2/c1-28-19(25)15-11-14(9-12-5-3-2-4-6-12)30-18(15)23-20(29)22-17-10-13(24(26)27)7-8-16(17)21/h2-8,10-11H,9H2,1H3,(H2,22,23,29). The predicted molar refractivity (Wildman–Crippen MR) is 118 cm³/mol. The summed E-state index contributed by atoms with van der Waals surface area (Å²) in [6.45, 7) is 0. The summed E-state index contributed by atoms with van der Waals surface area (Å²) >= 11 is 6.51. The van der Waals surface area contributed by atoms with Gasteiger partial charge in [-0.2, -0.15) is 0 Å². The van der Waals surface area contributed by atoms with Gasteiger partial charge in [-0.05, 0) is 29.9 Å². The van der Waals surface area contributed by atoms with Crippen LogP contribution in [0.4, 0.5) is 20.8 Å². The molecule has 0 radical (unpaired) electrons. The lowest BCUT2D eigenvalue weighted by molar-refractivity contribution is -0.384. The number of thiocarbonyl (C=S) groups is 1. The van der Waals surface area contributed by atoms with Crippen LogP contribution in [0.1, 0.15) is 20.8 Å². The number of halogens is 1. The summed E-state index contributed by atoms with van der Waals surface area (Å²) in [7, 11) is 1.27. The number of hydrogen-bond acceptors (Lipinski definition) is 6. The van der Waals surface area contributed by atoms with E-state index < -0.39 is 16.7 Å². The largest absolute Gasteiger partial charge is 0.465 e. The zero-order valence-electron chi connectivity index (χ0n) is 15.7. The van der Waals surface area contributed by atoms with Gasteiger partial charge in [-0.15, -0.1) is 11.3 Å². The Morgan fingerprint density at radius 2 is 1.93 bits per heavy atom. The molecule has 2 N–H and O–H groups in total. The highest BCUT2D eigenvalue weighted by Gasteiger charge is 2.19. The van der Waals surface area contributed by atoms with Gasteiger partial charge >= 0.3 is 5.97 Å². The van der Waals surface area contributed by atoms with Gasteiger partial charge in [-0.1, -0.05) is 30.3 Å². The molecule has 3 aromatic rings. The molecule has 0 spiro atoms. The van der Waals surface area contributed by atoms with Crippen molar-refractivity contribution in [3.63, 3.8) is 0 Å². The van der Waals surface area contributed by atoms with Gasteiger partial charge in [-0.25, -0.2) is 9.18 Å². The van der Waals surface area contributed by atoms with Crippen molar-refractivity contribution in [2.75, 3.05) is 17.7 Å². The number of benzene rings is 2. The second-order valence-corrected chi connectivity index (χ2v) is 7.65. The van der Waals surface area contributed by atoms with E-state index in [1.54, 1.807) is 6.07 Å². The number of thiophene rings is 1. The molecule has 154 valence electrons. The summed E-state index contributed by atoms with van der Waals surface area (Å²) in [5.41, 5.74) is 0.929. The molecule has 0 bridgehead atoms. The Hall–Kier alpha value is -3.37. The van der Waals surface area contributed by atoms with Crippen molar-refractivity contribution >= 4 is 51.0 Å². The van der Waals surface area contributed by atoms with Crippen LogP contribution in [0, 0.1) is 15.9 Å². The van der Waals surface area contributed by atoms with E-state index in [2.05, 4.69) is 10.6 Å². The maximum Gasteiger partial charge on any atom is 0.340 e. The van der Waals surface area contributed by atoms with Crippen molar-refractivity contribution in [3.8, 4) is 0 Å². The molecular weight excluding hydrogens is 429 g/mol. The molecule has 7 nitrogen and oxygen atoms in total. The van der Waals surface area contributed by atoms with Crippen molar-refractivity contribution in [2.24, 2.45) is 0 Å². The summed E-state index contributed by atoms with van der Waals surface area (Å²) in [5, 5.41) is 16.8. The maximum absolute atomic E-state index is 14.0. The monoisotopic (exact) mass is 445 g/mol. The molecule has 10 heteroatoms. The molecule has 0 aliphatic rings. The minimum Gasteiger partial charge on any atom is -0.465 e. The Kier molecular flexibility index (Phi) is 6.70. The Labute approximate surface area is 180 Å². The van der Waals surface area contributed by atoms with E-state index in [9.17, 15) is 19.3 Å². The molecular formula is C20H16FN3O4S2. The third-order valence-electron chi connectivity index (χ3n) is 4.05. The number of anilines is 2. The molecule has 0 aliphatic carbocycles. The minimum absolute atomic E-state index is 0.0207. The molecule has 0 fully saturated rings. The lowest BCUT2D eigenvalue weighted by atomic mass is 10.1. The van der Waals surface area contributed by atoms with Gasteiger partial charge in [0.05, 0.1) is 23.3 Å². The van der Waals surface area contributed by atoms with Crippen molar-refractivity contribution in [1.82, 2.24) is 0 Å². The van der Waals surface area contributed by atoms with Gasteiger partial charge in [-0.3, -0.25) is 10.1 Å². The lowest BCUT2D eigenvalue weighted by Gasteiger charge is -2.11. The average molecular weight is 445 g/mol. The zero-order chi connectivity index (χ0) is 21.7. The van der Waals surface area contributed by atoms with E-state index in [-0.39, 0.29) is 22.1 Å². The van der Waals surface area contributed by atoms with Crippen LogP contribution < -0.4 is 10.6 Å². The van der Waals surface area contributed by atoms with Crippen molar-refractivity contribution in [1.29, 1.82) is 0 Å². The molecule has 1 aromatic heterocycles. The first-order valence-electron chi connectivity index (χ1n) is 8.64. The van der Waals surface area contributed by atoms with E-state index in [0.29, 0.717) is 11.4 Å². The number of carbonyl (C=O) groups is 1. The number of rotatable bonds is 6. The van der Waals surface area contributed by atoms with E-state index in [1.165, 1.54) is 18.4 Å². The topological polar surface area (TPSA) is 93.5 Å². The fourth-order valence-electron chi connectivity index (χ4n) is 2.66. The summed E-state index contributed by atoms with van der Waals surface area (Å²) in [6.07, 6.45) is 0.608. The number of nitrogens with zero attached hydrogens (tertiary/aromatic N) is 1. The third kappa shape index (κ3) is 5.16. The van der Waals surface area contributed by atoms with Gasteiger partial charge < -0.3 is 15.4 Å². The second kappa shape index (κ2) is 9.42. The van der Waals surface area contributed by atoms with Gasteiger partial charge in [0.15, 0.2) is 5.11 Å². The number of hydrogen-bond donors (Lipinski definition) is 2. The van der Waals surface area contributed by atoms with E-state index in [4.69, 9.17) is 17.0 Å². The molecule has 30 heavy (non-hydrogen) atoms. The molecule has 1 heterocycles. The minimum atomic E-state index is -0.700. The van der Waals surface area contributed by atoms with Crippen LogP contribution >= 0.6 is 23.6 Å². The first kappa shape index (κ1) is 21.3. The van der Waals surface area contributed by atoms with Gasteiger partial charge in [0.25, 0.3) is 5.69 Å². The molecule has 0 amide bonds. The van der Waals surface area contributed by atoms with Crippen LogP contribution in [-0.2, 0) is 11.2 Å². The summed E-state index contributed by atoms with van der Waals surface area (Å²) < 4.78 is 18.8. The Morgan fingerprint density at radius 3 is 2.60 bits per heavy atom. The zero-order valence-corrected chi connectivity index (χ0v) is 17.3. The van der Waals surface area contributed by atoms with E-state index in [0.717, 1.165) is 28.6 Å².